The molecule has 1 saturated heterocycles. The minimum atomic E-state index is -3.00. The maximum atomic E-state index is 13.5. The summed E-state index contributed by atoms with van der Waals surface area (Å²) in [7, 11) is 0. The summed E-state index contributed by atoms with van der Waals surface area (Å²) in [5, 5.41) is 20.5. The molecule has 2 atom stereocenters. The maximum Gasteiger partial charge on any atom is 0.415 e. The summed E-state index contributed by atoms with van der Waals surface area (Å²) in [5.41, 5.74) is -0.960. The molecule has 1 aliphatic heterocycles. The zero-order chi connectivity index (χ0) is 23.7. The van der Waals surface area contributed by atoms with Crippen molar-refractivity contribution >= 4 is 17.7 Å². The molecule has 1 fully saturated rings. The summed E-state index contributed by atoms with van der Waals surface area (Å²) in [5.74, 6) is -4.42. The molecule has 0 bridgehead atoms. The molecule has 0 aliphatic carbocycles. The Morgan fingerprint density at radius 1 is 1.19 bits per heavy atom. The highest BCUT2D eigenvalue weighted by atomic mass is 19.3. The zero-order valence-corrected chi connectivity index (χ0v) is 17.5. The number of nitro groups is 1. The number of hydrogen-bond donors (Lipinski definition) is 1. The summed E-state index contributed by atoms with van der Waals surface area (Å²) >= 11 is 0. The number of likely N-dealkylation sites (tertiary alicyclic amines) is 1. The third-order valence-corrected chi connectivity index (χ3v) is 5.59. The van der Waals surface area contributed by atoms with E-state index in [1.807, 2.05) is 0 Å². The highest BCUT2D eigenvalue weighted by Crippen LogP contribution is 2.39. The molecule has 1 aliphatic rings. The first-order valence-corrected chi connectivity index (χ1v) is 9.82. The van der Waals surface area contributed by atoms with Crippen LogP contribution in [-0.2, 0) is 10.7 Å². The largest absolute Gasteiger partial charge is 0.481 e. The van der Waals surface area contributed by atoms with E-state index in [0.717, 1.165) is 6.92 Å². The lowest BCUT2D eigenvalue weighted by atomic mass is 9.74. The number of carbonyl (C=O) groups excluding carboxylic acids is 1. The number of amides is 1. The number of nitro benzene ring substituents is 1. The van der Waals surface area contributed by atoms with Crippen LogP contribution in [-0.4, -0.2) is 40.1 Å². The molecule has 1 N–H and O–H groups in total. The standard InChI is InChI=1S/C22H22F2N2O6/c1-21(19(27)28)11-15(14-3-5-16(6-4-14)22(2,23)24)12-25(13-21)20(29)32-18-9-7-17(8-10-18)26(30)31/h3-10,15H,11-13H2,1-2H3,(H,27,28). The van der Waals surface area contributed by atoms with E-state index in [4.69, 9.17) is 4.74 Å². The normalized spacial score (nSPS) is 21.1. The van der Waals surface area contributed by atoms with Gasteiger partial charge in [0.05, 0.1) is 10.3 Å². The topological polar surface area (TPSA) is 110 Å². The summed E-state index contributed by atoms with van der Waals surface area (Å²) in [6, 6.07) is 10.6. The van der Waals surface area contributed by atoms with Gasteiger partial charge in [-0.3, -0.25) is 14.9 Å². The summed E-state index contributed by atoms with van der Waals surface area (Å²) in [6.07, 6.45) is -0.585. The van der Waals surface area contributed by atoms with E-state index >= 15 is 0 Å². The molecule has 2 aromatic rings. The van der Waals surface area contributed by atoms with Gasteiger partial charge in [-0.05, 0) is 31.0 Å². The predicted molar refractivity (Wildman–Crippen MR) is 110 cm³/mol. The van der Waals surface area contributed by atoms with Crippen molar-refractivity contribution in [1.29, 1.82) is 0 Å². The van der Waals surface area contributed by atoms with Crippen LogP contribution in [0.4, 0.5) is 19.3 Å². The average molecular weight is 448 g/mol. The highest BCUT2D eigenvalue weighted by Gasteiger charge is 2.44. The SMILES string of the molecule is CC1(C(=O)O)CC(c2ccc(C(C)(F)F)cc2)CN(C(=O)Oc2ccc([N+](=O)[O-])cc2)C1. The van der Waals surface area contributed by atoms with Gasteiger partial charge in [-0.1, -0.05) is 24.3 Å². The number of benzene rings is 2. The number of nitrogens with zero attached hydrogens (tertiary/aromatic N) is 2. The molecule has 0 spiro atoms. The number of hydrogen-bond acceptors (Lipinski definition) is 5. The smallest absolute Gasteiger partial charge is 0.415 e. The molecule has 10 heteroatoms. The molecule has 0 saturated carbocycles. The molecular formula is C22H22F2N2O6. The molecule has 0 aromatic heterocycles. The van der Waals surface area contributed by atoms with Crippen LogP contribution < -0.4 is 4.74 Å². The Hall–Kier alpha value is -3.56. The van der Waals surface area contributed by atoms with Crippen LogP contribution in [0.25, 0.3) is 0 Å². The van der Waals surface area contributed by atoms with Crippen LogP contribution in [0.15, 0.2) is 48.5 Å². The van der Waals surface area contributed by atoms with E-state index in [9.17, 15) is 33.6 Å². The number of rotatable bonds is 5. The molecule has 8 nitrogen and oxygen atoms in total. The van der Waals surface area contributed by atoms with Gasteiger partial charge in [0, 0.05) is 43.6 Å². The third-order valence-electron chi connectivity index (χ3n) is 5.59. The molecule has 0 radical (unpaired) electrons. The lowest BCUT2D eigenvalue weighted by Crippen LogP contribution is -2.51. The monoisotopic (exact) mass is 448 g/mol. The first-order valence-electron chi connectivity index (χ1n) is 9.82. The lowest BCUT2D eigenvalue weighted by molar-refractivity contribution is -0.384. The van der Waals surface area contributed by atoms with Crippen molar-refractivity contribution in [1.82, 2.24) is 4.90 Å². The number of ether oxygens (including phenoxy) is 1. The van der Waals surface area contributed by atoms with E-state index in [-0.39, 0.29) is 36.5 Å². The second kappa shape index (κ2) is 8.52. The Morgan fingerprint density at radius 2 is 1.78 bits per heavy atom. The number of aliphatic carboxylic acids is 1. The molecule has 2 unspecified atom stereocenters. The van der Waals surface area contributed by atoms with Crippen molar-refractivity contribution < 1.29 is 33.1 Å². The van der Waals surface area contributed by atoms with Crippen molar-refractivity contribution in [2.45, 2.75) is 32.1 Å². The fourth-order valence-electron chi connectivity index (χ4n) is 3.79. The van der Waals surface area contributed by atoms with Crippen molar-refractivity contribution in [3.05, 3.63) is 69.8 Å². The molecule has 32 heavy (non-hydrogen) atoms. The number of carboxylic acid groups (broad SMARTS) is 1. The fraction of sp³-hybridized carbons (Fsp3) is 0.364. The summed E-state index contributed by atoms with van der Waals surface area (Å²) < 4.78 is 32.3. The van der Waals surface area contributed by atoms with Gasteiger partial charge in [0.2, 0.25) is 0 Å². The van der Waals surface area contributed by atoms with Gasteiger partial charge in [0.15, 0.2) is 0 Å². The minimum absolute atomic E-state index is 0.0780. The van der Waals surface area contributed by atoms with E-state index in [0.29, 0.717) is 5.56 Å². The number of non-ortho nitro benzene ring substituents is 1. The second-order valence-electron chi connectivity index (χ2n) is 8.28. The second-order valence-corrected chi connectivity index (χ2v) is 8.28. The van der Waals surface area contributed by atoms with Gasteiger partial charge in [0.25, 0.3) is 11.6 Å². The fourth-order valence-corrected chi connectivity index (χ4v) is 3.79. The van der Waals surface area contributed by atoms with Crippen LogP contribution in [0.3, 0.4) is 0 Å². The van der Waals surface area contributed by atoms with E-state index < -0.39 is 34.2 Å². The van der Waals surface area contributed by atoms with Crippen LogP contribution in [0, 0.1) is 15.5 Å². The molecule has 1 heterocycles. The molecule has 3 rings (SSSR count). The lowest BCUT2D eigenvalue weighted by Gasteiger charge is -2.41. The highest BCUT2D eigenvalue weighted by molar-refractivity contribution is 5.77. The summed E-state index contributed by atoms with van der Waals surface area (Å²) in [6.45, 7) is 2.34. The van der Waals surface area contributed by atoms with Crippen LogP contribution in [0.5, 0.6) is 5.75 Å². The quantitative estimate of drug-likeness (QED) is 0.520. The van der Waals surface area contributed by atoms with E-state index in [1.165, 1.54) is 60.4 Å². The Kier molecular flexibility index (Phi) is 6.16. The van der Waals surface area contributed by atoms with Gasteiger partial charge >= 0.3 is 12.1 Å². The molecule has 1 amide bonds. The average Bonchev–Trinajstić information content (AvgIpc) is 2.73. The van der Waals surface area contributed by atoms with E-state index in [1.54, 1.807) is 0 Å². The Labute approximate surface area is 182 Å². The van der Waals surface area contributed by atoms with Crippen LogP contribution in [0.2, 0.25) is 0 Å². The maximum absolute atomic E-state index is 13.5. The number of carbonyl (C=O) groups is 2. The van der Waals surface area contributed by atoms with Crippen molar-refractivity contribution in [2.75, 3.05) is 13.1 Å². The van der Waals surface area contributed by atoms with Crippen molar-refractivity contribution in [3.63, 3.8) is 0 Å². The Balaban J connectivity index is 1.81. The number of halogens is 2. The van der Waals surface area contributed by atoms with Crippen LogP contribution >= 0.6 is 0 Å². The first kappa shape index (κ1) is 23.1. The van der Waals surface area contributed by atoms with Gasteiger partial charge in [-0.25, -0.2) is 13.6 Å². The van der Waals surface area contributed by atoms with Gasteiger partial charge < -0.3 is 14.7 Å². The van der Waals surface area contributed by atoms with Crippen LogP contribution in [0.1, 0.15) is 37.3 Å². The van der Waals surface area contributed by atoms with Gasteiger partial charge in [0.1, 0.15) is 5.75 Å². The minimum Gasteiger partial charge on any atom is -0.481 e. The Morgan fingerprint density at radius 3 is 2.28 bits per heavy atom. The molecule has 2 aromatic carbocycles. The zero-order valence-electron chi connectivity index (χ0n) is 17.5. The molecule has 170 valence electrons. The van der Waals surface area contributed by atoms with E-state index in [2.05, 4.69) is 0 Å². The van der Waals surface area contributed by atoms with Crippen molar-refractivity contribution in [3.8, 4) is 5.75 Å². The summed E-state index contributed by atoms with van der Waals surface area (Å²) in [4.78, 5) is 36.1. The predicted octanol–water partition coefficient (Wildman–Crippen LogP) is 4.79. The van der Waals surface area contributed by atoms with Gasteiger partial charge in [-0.15, -0.1) is 0 Å². The third kappa shape index (κ3) is 5.01. The van der Waals surface area contributed by atoms with Gasteiger partial charge in [-0.2, -0.15) is 0 Å². The Bertz CT molecular complexity index is 1020. The van der Waals surface area contributed by atoms with Crippen molar-refractivity contribution in [2.24, 2.45) is 5.41 Å². The number of alkyl halides is 2. The molecular weight excluding hydrogens is 426 g/mol. The number of carboxylic acids is 1. The first-order chi connectivity index (χ1) is 14.9. The number of piperidine rings is 1.